The average molecular weight is 255 g/mol. The molecule has 0 unspecified atom stereocenters. The first-order valence-corrected chi connectivity index (χ1v) is 5.75. The minimum absolute atomic E-state index is 0.0716. The van der Waals surface area contributed by atoms with Crippen molar-refractivity contribution in [2.75, 3.05) is 11.9 Å². The van der Waals surface area contributed by atoms with Crippen molar-refractivity contribution in [1.29, 1.82) is 0 Å². The highest BCUT2D eigenvalue weighted by Gasteiger charge is 2.02. The van der Waals surface area contributed by atoms with Gasteiger partial charge in [0.2, 0.25) is 11.8 Å². The van der Waals surface area contributed by atoms with Gasteiger partial charge in [0.1, 0.15) is 0 Å². The first-order chi connectivity index (χ1) is 8.08. The Kier molecular flexibility index (Phi) is 5.49. The van der Waals surface area contributed by atoms with Crippen LogP contribution in [-0.4, -0.2) is 18.4 Å². The largest absolute Gasteiger partial charge is 0.356 e. The summed E-state index contributed by atoms with van der Waals surface area (Å²) in [5.41, 5.74) is 0.721. The van der Waals surface area contributed by atoms with Gasteiger partial charge in [0.15, 0.2) is 0 Å². The van der Waals surface area contributed by atoms with Crippen LogP contribution >= 0.6 is 11.6 Å². The molecular formula is C12H15ClN2O2. The van der Waals surface area contributed by atoms with E-state index in [2.05, 4.69) is 10.6 Å². The van der Waals surface area contributed by atoms with Crippen molar-refractivity contribution in [3.63, 3.8) is 0 Å². The van der Waals surface area contributed by atoms with Crippen molar-refractivity contribution in [2.45, 2.75) is 19.8 Å². The third-order valence-corrected chi connectivity index (χ3v) is 2.33. The molecule has 0 aliphatic carbocycles. The van der Waals surface area contributed by atoms with Gasteiger partial charge in [-0.25, -0.2) is 0 Å². The second-order valence-corrected chi connectivity index (χ2v) is 4.08. The molecule has 2 N–H and O–H groups in total. The van der Waals surface area contributed by atoms with E-state index >= 15 is 0 Å². The Bertz CT molecular complexity index is 390. The van der Waals surface area contributed by atoms with E-state index in [-0.39, 0.29) is 11.8 Å². The summed E-state index contributed by atoms with van der Waals surface area (Å²) in [7, 11) is 0. The molecule has 1 aromatic rings. The Morgan fingerprint density at radius 3 is 2.47 bits per heavy atom. The van der Waals surface area contributed by atoms with Gasteiger partial charge in [0, 0.05) is 30.6 Å². The minimum Gasteiger partial charge on any atom is -0.356 e. The van der Waals surface area contributed by atoms with Crippen LogP contribution < -0.4 is 10.6 Å². The van der Waals surface area contributed by atoms with Crippen LogP contribution in [0.4, 0.5) is 5.69 Å². The third-order valence-electron chi connectivity index (χ3n) is 2.08. The normalized spacial score (nSPS) is 9.76. The molecule has 0 heterocycles. The Hall–Kier alpha value is -1.55. The number of halogens is 1. The first-order valence-electron chi connectivity index (χ1n) is 5.38. The molecule has 0 bridgehead atoms. The summed E-state index contributed by atoms with van der Waals surface area (Å²) in [6.45, 7) is 1.97. The molecule has 0 radical (unpaired) electrons. The maximum Gasteiger partial charge on any atom is 0.224 e. The minimum atomic E-state index is -0.0805. The van der Waals surface area contributed by atoms with E-state index in [0.29, 0.717) is 24.4 Å². The summed E-state index contributed by atoms with van der Waals surface area (Å²) in [5, 5.41) is 6.02. The molecule has 0 aliphatic heterocycles. The quantitative estimate of drug-likeness (QED) is 0.792. The zero-order valence-corrected chi connectivity index (χ0v) is 10.4. The number of anilines is 1. The predicted molar refractivity (Wildman–Crippen MR) is 68.0 cm³/mol. The molecule has 4 nitrogen and oxygen atoms in total. The lowest BCUT2D eigenvalue weighted by Gasteiger charge is -2.05. The average Bonchev–Trinajstić information content (AvgIpc) is 2.27. The number of benzene rings is 1. The molecule has 0 spiro atoms. The standard InChI is InChI=1S/C12H15ClN2O2/c1-9(16)14-8-2-3-12(17)15-11-6-4-10(13)5-7-11/h4-7H,2-3,8H2,1H3,(H,14,16)(H,15,17). The number of amides is 2. The molecule has 17 heavy (non-hydrogen) atoms. The second kappa shape index (κ2) is 6.91. The maximum absolute atomic E-state index is 11.5. The maximum atomic E-state index is 11.5. The zero-order valence-electron chi connectivity index (χ0n) is 9.63. The van der Waals surface area contributed by atoms with Crippen molar-refractivity contribution in [3.05, 3.63) is 29.3 Å². The highest BCUT2D eigenvalue weighted by Crippen LogP contribution is 2.13. The van der Waals surface area contributed by atoms with Gasteiger partial charge in [-0.15, -0.1) is 0 Å². The van der Waals surface area contributed by atoms with Crippen molar-refractivity contribution < 1.29 is 9.59 Å². The van der Waals surface area contributed by atoms with Gasteiger partial charge in [0.25, 0.3) is 0 Å². The van der Waals surface area contributed by atoms with Crippen LogP contribution in [-0.2, 0) is 9.59 Å². The van der Waals surface area contributed by atoms with Crippen LogP contribution in [0.15, 0.2) is 24.3 Å². The molecular weight excluding hydrogens is 240 g/mol. The highest BCUT2D eigenvalue weighted by molar-refractivity contribution is 6.30. The smallest absolute Gasteiger partial charge is 0.224 e. The molecule has 5 heteroatoms. The number of rotatable bonds is 5. The molecule has 92 valence electrons. The zero-order chi connectivity index (χ0) is 12.7. The summed E-state index contributed by atoms with van der Waals surface area (Å²) >= 11 is 5.73. The Morgan fingerprint density at radius 2 is 1.88 bits per heavy atom. The Balaban J connectivity index is 2.25. The Labute approximate surface area is 105 Å². The molecule has 1 rings (SSSR count). The lowest BCUT2D eigenvalue weighted by Crippen LogP contribution is -2.22. The molecule has 0 saturated heterocycles. The van der Waals surface area contributed by atoms with E-state index in [0.717, 1.165) is 5.69 Å². The fourth-order valence-corrected chi connectivity index (χ4v) is 1.40. The molecule has 0 aliphatic rings. The van der Waals surface area contributed by atoms with E-state index in [4.69, 9.17) is 11.6 Å². The molecule has 0 saturated carbocycles. The number of hydrogen-bond acceptors (Lipinski definition) is 2. The summed E-state index contributed by atoms with van der Waals surface area (Å²) in [6.07, 6.45) is 1.00. The Morgan fingerprint density at radius 1 is 1.24 bits per heavy atom. The molecule has 0 fully saturated rings. The van der Waals surface area contributed by atoms with Gasteiger partial charge in [-0.2, -0.15) is 0 Å². The van der Waals surface area contributed by atoms with Crippen LogP contribution in [0.25, 0.3) is 0 Å². The van der Waals surface area contributed by atoms with Gasteiger partial charge < -0.3 is 10.6 Å². The van der Waals surface area contributed by atoms with Gasteiger partial charge >= 0.3 is 0 Å². The van der Waals surface area contributed by atoms with Gasteiger partial charge in [-0.05, 0) is 30.7 Å². The molecule has 0 aromatic heterocycles. The van der Waals surface area contributed by atoms with Crippen LogP contribution in [0, 0.1) is 0 Å². The van der Waals surface area contributed by atoms with E-state index in [1.54, 1.807) is 24.3 Å². The first kappa shape index (κ1) is 13.5. The number of carbonyl (C=O) groups is 2. The second-order valence-electron chi connectivity index (χ2n) is 3.64. The van der Waals surface area contributed by atoms with Crippen molar-refractivity contribution in [1.82, 2.24) is 5.32 Å². The third kappa shape index (κ3) is 5.92. The number of hydrogen-bond donors (Lipinski definition) is 2. The van der Waals surface area contributed by atoms with Crippen LogP contribution in [0.5, 0.6) is 0 Å². The van der Waals surface area contributed by atoms with Crippen molar-refractivity contribution >= 4 is 29.1 Å². The summed E-state index contributed by atoms with van der Waals surface area (Å²) < 4.78 is 0. The van der Waals surface area contributed by atoms with Crippen LogP contribution in [0.3, 0.4) is 0 Å². The lowest BCUT2D eigenvalue weighted by atomic mass is 10.2. The van der Waals surface area contributed by atoms with E-state index in [9.17, 15) is 9.59 Å². The fraction of sp³-hybridized carbons (Fsp3) is 0.333. The SMILES string of the molecule is CC(=O)NCCCC(=O)Nc1ccc(Cl)cc1. The van der Waals surface area contributed by atoms with Gasteiger partial charge in [0.05, 0.1) is 0 Å². The van der Waals surface area contributed by atoms with Crippen LogP contribution in [0.2, 0.25) is 5.02 Å². The molecule has 1 aromatic carbocycles. The van der Waals surface area contributed by atoms with Gasteiger partial charge in [-0.1, -0.05) is 11.6 Å². The van der Waals surface area contributed by atoms with E-state index in [1.807, 2.05) is 0 Å². The topological polar surface area (TPSA) is 58.2 Å². The van der Waals surface area contributed by atoms with E-state index in [1.165, 1.54) is 6.92 Å². The lowest BCUT2D eigenvalue weighted by molar-refractivity contribution is -0.119. The predicted octanol–water partition coefficient (Wildman–Crippen LogP) is 2.19. The molecule has 0 atom stereocenters. The fourth-order valence-electron chi connectivity index (χ4n) is 1.27. The van der Waals surface area contributed by atoms with Crippen LogP contribution in [0.1, 0.15) is 19.8 Å². The number of carbonyl (C=O) groups excluding carboxylic acids is 2. The van der Waals surface area contributed by atoms with Gasteiger partial charge in [-0.3, -0.25) is 9.59 Å². The summed E-state index contributed by atoms with van der Waals surface area (Å²) in [5.74, 6) is -0.152. The highest BCUT2D eigenvalue weighted by atomic mass is 35.5. The monoisotopic (exact) mass is 254 g/mol. The molecule has 2 amide bonds. The summed E-state index contributed by atoms with van der Waals surface area (Å²) in [4.78, 5) is 22.1. The number of nitrogens with one attached hydrogen (secondary N) is 2. The van der Waals surface area contributed by atoms with E-state index < -0.39 is 0 Å². The van der Waals surface area contributed by atoms with Crippen molar-refractivity contribution in [2.24, 2.45) is 0 Å². The van der Waals surface area contributed by atoms with Crippen molar-refractivity contribution in [3.8, 4) is 0 Å². The summed E-state index contributed by atoms with van der Waals surface area (Å²) in [6, 6.07) is 6.92.